The molecule has 2 atom stereocenters. The number of likely N-dealkylation sites (tertiary alicyclic amines) is 2. The second kappa shape index (κ2) is 5.50. The largest absolute Gasteiger partial charge is 0.323 e. The number of hydrogen-bond acceptors (Lipinski definition) is 4. The second-order valence-electron chi connectivity index (χ2n) is 6.93. The van der Waals surface area contributed by atoms with E-state index in [4.69, 9.17) is 0 Å². The molecule has 1 aliphatic carbocycles. The molecule has 1 N–H and O–H groups in total. The van der Waals surface area contributed by atoms with Gasteiger partial charge in [-0.2, -0.15) is 5.10 Å². The van der Waals surface area contributed by atoms with E-state index in [9.17, 15) is 4.79 Å². The number of anilines is 1. The molecule has 3 fully saturated rings. The molecule has 6 heteroatoms. The van der Waals surface area contributed by atoms with Gasteiger partial charge in [0.2, 0.25) is 0 Å². The van der Waals surface area contributed by atoms with E-state index < -0.39 is 0 Å². The third-order valence-electron chi connectivity index (χ3n) is 5.14. The van der Waals surface area contributed by atoms with Crippen molar-refractivity contribution >= 4 is 11.8 Å². The first kappa shape index (κ1) is 13.9. The molecular formula is C16H23N5O. The molecule has 0 bridgehead atoms. The molecule has 2 saturated heterocycles. The first-order chi connectivity index (χ1) is 10.7. The van der Waals surface area contributed by atoms with Crippen LogP contribution in [0.5, 0.6) is 0 Å². The molecule has 0 radical (unpaired) electrons. The molecule has 4 rings (SSSR count). The smallest absolute Gasteiger partial charge is 0.320 e. The first-order valence-corrected chi connectivity index (χ1v) is 8.30. The van der Waals surface area contributed by atoms with Crippen molar-refractivity contribution in [3.63, 3.8) is 0 Å². The van der Waals surface area contributed by atoms with Gasteiger partial charge >= 0.3 is 6.03 Å². The molecular weight excluding hydrogens is 278 g/mol. The molecule has 0 spiro atoms. The summed E-state index contributed by atoms with van der Waals surface area (Å²) in [5.41, 5.74) is 1.05. The Hall–Kier alpha value is -1.69. The van der Waals surface area contributed by atoms with Crippen molar-refractivity contribution < 1.29 is 4.79 Å². The van der Waals surface area contributed by atoms with Crippen molar-refractivity contribution in [2.45, 2.75) is 37.6 Å². The third-order valence-corrected chi connectivity index (χ3v) is 5.14. The second-order valence-corrected chi connectivity index (χ2v) is 6.93. The van der Waals surface area contributed by atoms with E-state index in [-0.39, 0.29) is 6.03 Å². The summed E-state index contributed by atoms with van der Waals surface area (Å²) >= 11 is 0. The number of nitrogens with zero attached hydrogens (tertiary/aromatic N) is 4. The number of fused-ring (bicyclic) bond motifs is 1. The Morgan fingerprint density at radius 3 is 2.82 bits per heavy atom. The highest BCUT2D eigenvalue weighted by Gasteiger charge is 2.39. The lowest BCUT2D eigenvalue weighted by atomic mass is 9.92. The molecule has 0 aromatic carbocycles. The van der Waals surface area contributed by atoms with E-state index in [0.717, 1.165) is 31.7 Å². The fraction of sp³-hybridized carbons (Fsp3) is 0.688. The summed E-state index contributed by atoms with van der Waals surface area (Å²) in [6.45, 7) is 2.92. The van der Waals surface area contributed by atoms with Gasteiger partial charge in [-0.05, 0) is 50.8 Å². The Morgan fingerprint density at radius 2 is 2.09 bits per heavy atom. The van der Waals surface area contributed by atoms with E-state index in [1.165, 1.54) is 19.3 Å². The zero-order valence-corrected chi connectivity index (χ0v) is 13.0. The van der Waals surface area contributed by atoms with Gasteiger partial charge in [0, 0.05) is 25.6 Å². The van der Waals surface area contributed by atoms with Crippen LogP contribution in [0, 0.1) is 5.92 Å². The monoisotopic (exact) mass is 301 g/mol. The normalized spacial score (nSPS) is 28.5. The van der Waals surface area contributed by atoms with Crippen LogP contribution in [-0.2, 0) is 0 Å². The van der Waals surface area contributed by atoms with Crippen LogP contribution in [0.1, 0.15) is 37.3 Å². The molecule has 2 aliphatic heterocycles. The van der Waals surface area contributed by atoms with Gasteiger partial charge in [0.15, 0.2) is 5.82 Å². The fourth-order valence-electron chi connectivity index (χ4n) is 3.83. The summed E-state index contributed by atoms with van der Waals surface area (Å²) in [7, 11) is 2.14. The Bertz CT molecular complexity index is 556. The van der Waals surface area contributed by atoms with Gasteiger partial charge in [-0.3, -0.25) is 5.32 Å². The predicted molar refractivity (Wildman–Crippen MR) is 83.7 cm³/mol. The average molecular weight is 301 g/mol. The Labute approximate surface area is 130 Å². The lowest BCUT2D eigenvalue weighted by Gasteiger charge is -2.36. The third kappa shape index (κ3) is 2.67. The summed E-state index contributed by atoms with van der Waals surface area (Å²) in [6.07, 6.45) is 4.75. The molecule has 2 amide bonds. The van der Waals surface area contributed by atoms with Gasteiger partial charge in [-0.1, -0.05) is 0 Å². The number of amides is 2. The molecule has 1 saturated carbocycles. The van der Waals surface area contributed by atoms with Crippen LogP contribution in [0.25, 0.3) is 0 Å². The highest BCUT2D eigenvalue weighted by Crippen LogP contribution is 2.38. The maximum atomic E-state index is 12.6. The summed E-state index contributed by atoms with van der Waals surface area (Å²) < 4.78 is 0. The molecule has 22 heavy (non-hydrogen) atoms. The van der Waals surface area contributed by atoms with Crippen LogP contribution in [-0.4, -0.2) is 58.8 Å². The van der Waals surface area contributed by atoms with E-state index in [2.05, 4.69) is 27.5 Å². The number of urea groups is 1. The minimum atomic E-state index is -0.0292. The van der Waals surface area contributed by atoms with Crippen molar-refractivity contribution in [2.24, 2.45) is 5.92 Å². The highest BCUT2D eigenvalue weighted by molar-refractivity contribution is 5.88. The van der Waals surface area contributed by atoms with Gasteiger partial charge in [0.25, 0.3) is 0 Å². The molecule has 3 heterocycles. The lowest BCUT2D eigenvalue weighted by Crippen LogP contribution is -2.50. The maximum Gasteiger partial charge on any atom is 0.323 e. The standard InChI is InChI=1S/C16H23N5O/c1-20-9-12-3-2-8-21(14(12)10-20)16(22)17-15-7-6-13(18-19-15)11-4-5-11/h6-7,11-12,14H,2-5,8-10H2,1H3,(H,17,19,22)/t12-,14+/m0/s1. The van der Waals surface area contributed by atoms with Crippen LogP contribution in [0.4, 0.5) is 10.6 Å². The number of carbonyl (C=O) groups excluding carboxylic acids is 1. The van der Waals surface area contributed by atoms with Crippen LogP contribution in [0.2, 0.25) is 0 Å². The molecule has 1 aromatic rings. The zero-order valence-electron chi connectivity index (χ0n) is 13.0. The highest BCUT2D eigenvalue weighted by atomic mass is 16.2. The minimum absolute atomic E-state index is 0.0292. The first-order valence-electron chi connectivity index (χ1n) is 8.30. The van der Waals surface area contributed by atoms with E-state index >= 15 is 0 Å². The number of rotatable bonds is 2. The molecule has 3 aliphatic rings. The summed E-state index contributed by atoms with van der Waals surface area (Å²) in [5.74, 6) is 1.77. The number of carbonyl (C=O) groups is 1. The van der Waals surface area contributed by atoms with Gasteiger partial charge < -0.3 is 9.80 Å². The fourth-order valence-corrected chi connectivity index (χ4v) is 3.83. The minimum Gasteiger partial charge on any atom is -0.320 e. The van der Waals surface area contributed by atoms with Crippen molar-refractivity contribution in [3.05, 3.63) is 17.8 Å². The van der Waals surface area contributed by atoms with Crippen LogP contribution in [0.3, 0.4) is 0 Å². The average Bonchev–Trinajstić information content (AvgIpc) is 3.28. The SMILES string of the molecule is CN1C[C@@H]2CCCN(C(=O)Nc3ccc(C4CC4)nn3)[C@@H]2C1. The molecule has 6 nitrogen and oxygen atoms in total. The van der Waals surface area contributed by atoms with Crippen molar-refractivity contribution in [3.8, 4) is 0 Å². The number of likely N-dealkylation sites (N-methyl/N-ethyl adjacent to an activating group) is 1. The van der Waals surface area contributed by atoms with Crippen LogP contribution in [0.15, 0.2) is 12.1 Å². The molecule has 1 aromatic heterocycles. The topological polar surface area (TPSA) is 61.4 Å². The number of aromatic nitrogens is 2. The van der Waals surface area contributed by atoms with Gasteiger partial charge in [0.05, 0.1) is 11.7 Å². The van der Waals surface area contributed by atoms with Crippen molar-refractivity contribution in [1.29, 1.82) is 0 Å². The van der Waals surface area contributed by atoms with Crippen LogP contribution < -0.4 is 5.32 Å². The molecule has 118 valence electrons. The van der Waals surface area contributed by atoms with Gasteiger partial charge in [-0.15, -0.1) is 5.10 Å². The van der Waals surface area contributed by atoms with Gasteiger partial charge in [-0.25, -0.2) is 4.79 Å². The summed E-state index contributed by atoms with van der Waals surface area (Å²) in [4.78, 5) is 16.9. The van der Waals surface area contributed by atoms with E-state index in [1.807, 2.05) is 17.0 Å². The maximum absolute atomic E-state index is 12.6. The van der Waals surface area contributed by atoms with Crippen LogP contribution >= 0.6 is 0 Å². The Morgan fingerprint density at radius 1 is 1.23 bits per heavy atom. The van der Waals surface area contributed by atoms with E-state index in [1.54, 1.807) is 0 Å². The van der Waals surface area contributed by atoms with E-state index in [0.29, 0.717) is 23.7 Å². The lowest BCUT2D eigenvalue weighted by molar-refractivity contribution is 0.146. The summed E-state index contributed by atoms with van der Waals surface area (Å²) in [6, 6.07) is 4.18. The van der Waals surface area contributed by atoms with Crippen molar-refractivity contribution in [2.75, 3.05) is 32.0 Å². The Kier molecular flexibility index (Phi) is 3.48. The molecule has 0 unspecified atom stereocenters. The number of nitrogens with one attached hydrogen (secondary N) is 1. The quantitative estimate of drug-likeness (QED) is 0.906. The number of hydrogen-bond donors (Lipinski definition) is 1. The summed E-state index contributed by atoms with van der Waals surface area (Å²) in [5, 5.41) is 11.3. The number of piperidine rings is 1. The zero-order chi connectivity index (χ0) is 15.1. The Balaban J connectivity index is 1.42. The van der Waals surface area contributed by atoms with Crippen molar-refractivity contribution in [1.82, 2.24) is 20.0 Å². The predicted octanol–water partition coefficient (Wildman–Crippen LogP) is 1.91. The van der Waals surface area contributed by atoms with Gasteiger partial charge in [0.1, 0.15) is 0 Å².